The summed E-state index contributed by atoms with van der Waals surface area (Å²) >= 11 is 0. The first-order chi connectivity index (χ1) is 13.9. The summed E-state index contributed by atoms with van der Waals surface area (Å²) in [6.07, 6.45) is 0.873. The van der Waals surface area contributed by atoms with Crippen LogP contribution in [0.25, 0.3) is 0 Å². The van der Waals surface area contributed by atoms with Crippen LogP contribution in [0.1, 0.15) is 29.3 Å². The number of ether oxygens (including phenoxy) is 1. The maximum absolute atomic E-state index is 9.65. The molecule has 2 aromatic rings. The van der Waals surface area contributed by atoms with Gasteiger partial charge in [-0.25, -0.2) is 4.98 Å². The molecule has 1 aromatic carbocycles. The molecule has 7 heteroatoms. The van der Waals surface area contributed by atoms with Gasteiger partial charge in [0.25, 0.3) is 0 Å². The number of methoxy groups -OCH3 is 1. The molecular weight excluding hydrogens is 366 g/mol. The van der Waals surface area contributed by atoms with Crippen molar-refractivity contribution in [2.75, 3.05) is 43.5 Å². The Bertz CT molecular complexity index is 869. The number of hydrogen-bond donors (Lipinski definition) is 2. The number of anilines is 2. The normalized spacial score (nSPS) is 14.9. The number of benzene rings is 1. The average Bonchev–Trinajstić information content (AvgIpc) is 2.72. The van der Waals surface area contributed by atoms with E-state index < -0.39 is 0 Å². The van der Waals surface area contributed by atoms with E-state index in [-0.39, 0.29) is 0 Å². The van der Waals surface area contributed by atoms with Crippen molar-refractivity contribution in [2.24, 2.45) is 5.16 Å². The fourth-order valence-corrected chi connectivity index (χ4v) is 3.83. The first-order valence-electron chi connectivity index (χ1n) is 10.1. The third-order valence-electron chi connectivity index (χ3n) is 5.35. The van der Waals surface area contributed by atoms with Crippen LogP contribution >= 0.6 is 0 Å². The molecule has 2 heterocycles. The second kappa shape index (κ2) is 9.03. The molecule has 0 aliphatic carbocycles. The highest BCUT2D eigenvalue weighted by atomic mass is 16.5. The SMILES string of the molecule is CCc1cc(NC(=NO)N2CCN(c3cc(C)cc(C)c3)CC2)c(OC)nc1C. The van der Waals surface area contributed by atoms with Gasteiger partial charge in [0.05, 0.1) is 7.11 Å². The topological polar surface area (TPSA) is 73.2 Å². The summed E-state index contributed by atoms with van der Waals surface area (Å²) in [5.41, 5.74) is 6.57. The van der Waals surface area contributed by atoms with E-state index in [1.165, 1.54) is 16.8 Å². The molecule has 1 aliphatic rings. The van der Waals surface area contributed by atoms with Gasteiger partial charge in [0, 0.05) is 37.6 Å². The fraction of sp³-hybridized carbons (Fsp3) is 0.455. The van der Waals surface area contributed by atoms with E-state index in [1.807, 2.05) is 17.9 Å². The van der Waals surface area contributed by atoms with E-state index in [1.54, 1.807) is 7.11 Å². The standard InChI is InChI=1S/C22H31N5O2/c1-6-18-14-20(21(29-5)23-17(18)4)24-22(25-28)27-9-7-26(8-10-27)19-12-15(2)11-16(3)13-19/h11-14,28H,6-10H2,1-5H3,(H,24,25). The lowest BCUT2D eigenvalue weighted by Crippen LogP contribution is -2.50. The van der Waals surface area contributed by atoms with Crippen LogP contribution in [0, 0.1) is 20.8 Å². The predicted molar refractivity (Wildman–Crippen MR) is 117 cm³/mol. The number of hydrogen-bond acceptors (Lipinski definition) is 5. The van der Waals surface area contributed by atoms with Gasteiger partial charge in [-0.1, -0.05) is 18.1 Å². The number of aryl methyl sites for hydroxylation is 4. The molecule has 1 saturated heterocycles. The predicted octanol–water partition coefficient (Wildman–Crippen LogP) is 3.56. The fourth-order valence-electron chi connectivity index (χ4n) is 3.83. The molecule has 29 heavy (non-hydrogen) atoms. The van der Waals surface area contributed by atoms with Crippen molar-refractivity contribution >= 4 is 17.3 Å². The molecule has 0 spiro atoms. The van der Waals surface area contributed by atoms with Crippen molar-refractivity contribution in [1.29, 1.82) is 0 Å². The van der Waals surface area contributed by atoms with Crippen molar-refractivity contribution in [3.8, 4) is 5.88 Å². The molecular formula is C22H31N5O2. The van der Waals surface area contributed by atoms with Gasteiger partial charge in [-0.05, 0) is 62.1 Å². The summed E-state index contributed by atoms with van der Waals surface area (Å²) in [4.78, 5) is 8.93. The summed E-state index contributed by atoms with van der Waals surface area (Å²) < 4.78 is 5.42. The highest BCUT2D eigenvalue weighted by molar-refractivity contribution is 5.94. The molecule has 1 aromatic heterocycles. The van der Waals surface area contributed by atoms with Gasteiger partial charge in [-0.3, -0.25) is 0 Å². The highest BCUT2D eigenvalue weighted by Gasteiger charge is 2.22. The van der Waals surface area contributed by atoms with Crippen molar-refractivity contribution in [2.45, 2.75) is 34.1 Å². The maximum Gasteiger partial charge on any atom is 0.240 e. The Morgan fingerprint density at radius 1 is 1.10 bits per heavy atom. The molecule has 156 valence electrons. The van der Waals surface area contributed by atoms with Crippen molar-refractivity contribution < 1.29 is 9.94 Å². The molecule has 0 saturated carbocycles. The lowest BCUT2D eigenvalue weighted by atomic mass is 10.1. The molecule has 3 rings (SSSR count). The van der Waals surface area contributed by atoms with Crippen LogP contribution in [0.15, 0.2) is 29.4 Å². The zero-order chi connectivity index (χ0) is 21.0. The lowest BCUT2D eigenvalue weighted by molar-refractivity contribution is 0.295. The van der Waals surface area contributed by atoms with Gasteiger partial charge < -0.3 is 25.1 Å². The number of guanidine groups is 1. The second-order valence-electron chi connectivity index (χ2n) is 7.51. The first kappa shape index (κ1) is 20.8. The number of rotatable bonds is 4. The Morgan fingerprint density at radius 3 is 2.31 bits per heavy atom. The van der Waals surface area contributed by atoms with E-state index >= 15 is 0 Å². The Hall–Kier alpha value is -2.96. The second-order valence-corrected chi connectivity index (χ2v) is 7.51. The van der Waals surface area contributed by atoms with Crippen molar-refractivity contribution in [3.05, 3.63) is 46.6 Å². The van der Waals surface area contributed by atoms with E-state index in [2.05, 4.69) is 59.3 Å². The summed E-state index contributed by atoms with van der Waals surface area (Å²) in [7, 11) is 1.59. The van der Waals surface area contributed by atoms with Crippen LogP contribution in [0.2, 0.25) is 0 Å². The van der Waals surface area contributed by atoms with Crippen LogP contribution < -0.4 is 15.0 Å². The molecule has 0 unspecified atom stereocenters. The number of piperazine rings is 1. The molecule has 2 N–H and O–H groups in total. The Labute approximate surface area is 173 Å². The largest absolute Gasteiger partial charge is 0.480 e. The van der Waals surface area contributed by atoms with E-state index in [4.69, 9.17) is 4.74 Å². The van der Waals surface area contributed by atoms with Crippen LogP contribution in [-0.4, -0.2) is 54.3 Å². The van der Waals surface area contributed by atoms with E-state index in [9.17, 15) is 5.21 Å². The number of aromatic nitrogens is 1. The molecule has 0 amide bonds. The third kappa shape index (κ3) is 4.72. The minimum Gasteiger partial charge on any atom is -0.480 e. The third-order valence-corrected chi connectivity index (χ3v) is 5.35. The first-order valence-corrected chi connectivity index (χ1v) is 10.1. The Morgan fingerprint density at radius 2 is 1.76 bits per heavy atom. The van der Waals surface area contributed by atoms with E-state index in [0.717, 1.165) is 43.9 Å². The summed E-state index contributed by atoms with van der Waals surface area (Å²) in [5, 5.41) is 16.4. The summed E-state index contributed by atoms with van der Waals surface area (Å²) in [5.74, 6) is 0.908. The lowest BCUT2D eigenvalue weighted by Gasteiger charge is -2.37. The number of nitrogens with one attached hydrogen (secondary N) is 1. The van der Waals surface area contributed by atoms with Crippen molar-refractivity contribution in [3.63, 3.8) is 0 Å². The van der Waals surface area contributed by atoms with Crippen LogP contribution in [0.5, 0.6) is 5.88 Å². The van der Waals surface area contributed by atoms with Gasteiger partial charge >= 0.3 is 0 Å². The van der Waals surface area contributed by atoms with Crippen molar-refractivity contribution in [1.82, 2.24) is 9.88 Å². The highest BCUT2D eigenvalue weighted by Crippen LogP contribution is 2.26. The molecule has 1 fully saturated rings. The Balaban J connectivity index is 1.71. The maximum atomic E-state index is 9.65. The number of pyridine rings is 1. The van der Waals surface area contributed by atoms with Gasteiger partial charge in [-0.15, -0.1) is 0 Å². The average molecular weight is 398 g/mol. The van der Waals surface area contributed by atoms with Gasteiger partial charge in [0.2, 0.25) is 11.8 Å². The Kier molecular flexibility index (Phi) is 6.46. The van der Waals surface area contributed by atoms with Crippen LogP contribution in [0.4, 0.5) is 11.4 Å². The molecule has 0 radical (unpaired) electrons. The molecule has 0 atom stereocenters. The van der Waals surface area contributed by atoms with Crippen LogP contribution in [-0.2, 0) is 6.42 Å². The minimum absolute atomic E-state index is 0.413. The van der Waals surface area contributed by atoms with Gasteiger partial charge in [0.1, 0.15) is 5.69 Å². The monoisotopic (exact) mass is 397 g/mol. The van der Waals surface area contributed by atoms with Crippen LogP contribution in [0.3, 0.4) is 0 Å². The number of nitrogens with zero attached hydrogens (tertiary/aromatic N) is 4. The minimum atomic E-state index is 0.413. The zero-order valence-electron chi connectivity index (χ0n) is 18.0. The van der Waals surface area contributed by atoms with E-state index in [0.29, 0.717) is 17.5 Å². The number of oxime groups is 1. The summed E-state index contributed by atoms with van der Waals surface area (Å²) in [6.45, 7) is 11.5. The quantitative estimate of drug-likeness (QED) is 0.356. The summed E-state index contributed by atoms with van der Waals surface area (Å²) in [6, 6.07) is 8.64. The van der Waals surface area contributed by atoms with Gasteiger partial charge in [0.15, 0.2) is 0 Å². The molecule has 1 aliphatic heterocycles. The van der Waals surface area contributed by atoms with Gasteiger partial charge in [-0.2, -0.15) is 0 Å². The molecule has 0 bridgehead atoms. The zero-order valence-corrected chi connectivity index (χ0v) is 18.0. The molecule has 7 nitrogen and oxygen atoms in total. The smallest absolute Gasteiger partial charge is 0.240 e.